The zero-order chi connectivity index (χ0) is 21.8. The molecule has 0 aliphatic rings. The Morgan fingerprint density at radius 3 is 2.35 bits per heavy atom. The van der Waals surface area contributed by atoms with Gasteiger partial charge in [-0.1, -0.05) is 41.9 Å². The molecule has 0 aliphatic heterocycles. The first-order valence-corrected chi connectivity index (χ1v) is 10.9. The van der Waals surface area contributed by atoms with Crippen molar-refractivity contribution in [3.8, 4) is 17.1 Å². The van der Waals surface area contributed by atoms with Crippen LogP contribution in [0.15, 0.2) is 71.5 Å². The number of aromatic nitrogens is 2. The van der Waals surface area contributed by atoms with Crippen LogP contribution >= 0.6 is 11.6 Å². The van der Waals surface area contributed by atoms with Crippen molar-refractivity contribution in [2.75, 3.05) is 6.61 Å². The molecule has 4 rings (SSSR count). The number of rotatable bonds is 7. The number of unbranched alkanes of at least 4 members (excludes halogenated alkanes) is 1. The minimum absolute atomic E-state index is 0.0220. The maximum atomic E-state index is 13.2. The molecule has 1 aromatic heterocycles. The van der Waals surface area contributed by atoms with Crippen LogP contribution in [0.25, 0.3) is 22.3 Å². The molecule has 0 N–H and O–H groups in total. The van der Waals surface area contributed by atoms with Gasteiger partial charge in [0.25, 0.3) is 5.56 Å². The number of halogens is 1. The van der Waals surface area contributed by atoms with Crippen LogP contribution in [-0.4, -0.2) is 16.2 Å². The van der Waals surface area contributed by atoms with E-state index >= 15 is 0 Å². The lowest BCUT2D eigenvalue weighted by atomic mass is 10.1. The van der Waals surface area contributed by atoms with Crippen LogP contribution in [0, 0.1) is 13.8 Å². The molecule has 31 heavy (non-hydrogen) atoms. The van der Waals surface area contributed by atoms with Gasteiger partial charge in [0.2, 0.25) is 0 Å². The standard InChI is InChI=1S/C26H25ClN2O2/c1-18-8-7-9-19(2)24(18)31-17-6-5-16-29-25(20-12-14-21(27)15-13-20)28-23-11-4-3-10-22(23)26(29)30/h3-4,7-15H,5-6,16-17H2,1-2H3. The zero-order valence-corrected chi connectivity index (χ0v) is 18.5. The van der Waals surface area contributed by atoms with E-state index in [4.69, 9.17) is 21.3 Å². The summed E-state index contributed by atoms with van der Waals surface area (Å²) in [5.41, 5.74) is 3.83. The lowest BCUT2D eigenvalue weighted by Gasteiger charge is -2.15. The van der Waals surface area contributed by atoms with Crippen LogP contribution in [0.1, 0.15) is 24.0 Å². The van der Waals surface area contributed by atoms with Crippen molar-refractivity contribution in [2.45, 2.75) is 33.2 Å². The van der Waals surface area contributed by atoms with Gasteiger partial charge in [0, 0.05) is 17.1 Å². The Morgan fingerprint density at radius 2 is 1.61 bits per heavy atom. The molecule has 0 fully saturated rings. The first-order chi connectivity index (χ1) is 15.0. The summed E-state index contributed by atoms with van der Waals surface area (Å²) in [7, 11) is 0. The Bertz CT molecular complexity index is 1240. The lowest BCUT2D eigenvalue weighted by Crippen LogP contribution is -2.24. The van der Waals surface area contributed by atoms with E-state index in [0.29, 0.717) is 34.9 Å². The number of aryl methyl sites for hydroxylation is 2. The quantitative estimate of drug-likeness (QED) is 0.327. The minimum atomic E-state index is -0.0220. The predicted octanol–water partition coefficient (Wildman–Crippen LogP) is 6.19. The van der Waals surface area contributed by atoms with E-state index in [-0.39, 0.29) is 5.56 Å². The highest BCUT2D eigenvalue weighted by molar-refractivity contribution is 6.30. The molecule has 5 heteroatoms. The van der Waals surface area contributed by atoms with Gasteiger partial charge in [0.05, 0.1) is 17.5 Å². The molecule has 4 nitrogen and oxygen atoms in total. The van der Waals surface area contributed by atoms with Crippen LogP contribution in [0.5, 0.6) is 5.75 Å². The molecule has 0 spiro atoms. The minimum Gasteiger partial charge on any atom is -0.493 e. The van der Waals surface area contributed by atoms with Crippen LogP contribution in [-0.2, 0) is 6.54 Å². The second-order valence-corrected chi connectivity index (χ2v) is 8.13. The van der Waals surface area contributed by atoms with Gasteiger partial charge in [-0.05, 0) is 74.2 Å². The highest BCUT2D eigenvalue weighted by Crippen LogP contribution is 2.23. The van der Waals surface area contributed by atoms with E-state index in [2.05, 4.69) is 26.0 Å². The molecule has 0 unspecified atom stereocenters. The van der Waals surface area contributed by atoms with E-state index in [1.54, 1.807) is 4.57 Å². The van der Waals surface area contributed by atoms with Crippen LogP contribution < -0.4 is 10.3 Å². The molecule has 0 saturated carbocycles. The fourth-order valence-electron chi connectivity index (χ4n) is 3.77. The molecule has 0 aliphatic carbocycles. The smallest absolute Gasteiger partial charge is 0.261 e. The van der Waals surface area contributed by atoms with Crippen molar-refractivity contribution in [1.82, 2.24) is 9.55 Å². The van der Waals surface area contributed by atoms with Gasteiger partial charge >= 0.3 is 0 Å². The zero-order valence-electron chi connectivity index (χ0n) is 17.8. The first kappa shape index (κ1) is 21.1. The van der Waals surface area contributed by atoms with E-state index < -0.39 is 0 Å². The second-order valence-electron chi connectivity index (χ2n) is 7.69. The summed E-state index contributed by atoms with van der Waals surface area (Å²) in [4.78, 5) is 18.0. The number of fused-ring (bicyclic) bond motifs is 1. The summed E-state index contributed by atoms with van der Waals surface area (Å²) in [5.74, 6) is 1.62. The van der Waals surface area contributed by atoms with Gasteiger partial charge in [-0.2, -0.15) is 0 Å². The molecule has 0 atom stereocenters. The molecule has 0 saturated heterocycles. The van der Waals surface area contributed by atoms with Crippen LogP contribution in [0.2, 0.25) is 5.02 Å². The summed E-state index contributed by atoms with van der Waals surface area (Å²) in [6.07, 6.45) is 1.65. The van der Waals surface area contributed by atoms with Gasteiger partial charge in [-0.25, -0.2) is 4.98 Å². The third-order valence-corrected chi connectivity index (χ3v) is 5.65. The normalized spacial score (nSPS) is 11.1. The number of hydrogen-bond acceptors (Lipinski definition) is 3. The summed E-state index contributed by atoms with van der Waals surface area (Å²) in [6.45, 7) is 5.30. The van der Waals surface area contributed by atoms with E-state index in [0.717, 1.165) is 35.3 Å². The topological polar surface area (TPSA) is 44.1 Å². The van der Waals surface area contributed by atoms with E-state index in [1.165, 1.54) is 0 Å². The van der Waals surface area contributed by atoms with E-state index in [9.17, 15) is 4.79 Å². The number of benzene rings is 3. The van der Waals surface area contributed by atoms with Gasteiger partial charge in [-0.15, -0.1) is 0 Å². The van der Waals surface area contributed by atoms with Crippen molar-refractivity contribution in [3.05, 3.63) is 93.2 Å². The fourth-order valence-corrected chi connectivity index (χ4v) is 3.89. The molecule has 0 bridgehead atoms. The summed E-state index contributed by atoms with van der Waals surface area (Å²) < 4.78 is 7.78. The number of ether oxygens (including phenoxy) is 1. The molecule has 0 amide bonds. The summed E-state index contributed by atoms with van der Waals surface area (Å²) in [5, 5.41) is 1.29. The van der Waals surface area contributed by atoms with Gasteiger partial charge < -0.3 is 4.74 Å². The first-order valence-electron chi connectivity index (χ1n) is 10.5. The predicted molar refractivity (Wildman–Crippen MR) is 127 cm³/mol. The van der Waals surface area contributed by atoms with Crippen molar-refractivity contribution < 1.29 is 4.74 Å². The average Bonchev–Trinajstić information content (AvgIpc) is 2.77. The maximum absolute atomic E-state index is 13.2. The highest BCUT2D eigenvalue weighted by Gasteiger charge is 2.13. The number of nitrogens with zero attached hydrogens (tertiary/aromatic N) is 2. The van der Waals surface area contributed by atoms with Gasteiger partial charge in [0.15, 0.2) is 0 Å². The Kier molecular flexibility index (Phi) is 6.38. The Labute approximate surface area is 187 Å². The summed E-state index contributed by atoms with van der Waals surface area (Å²) >= 11 is 6.05. The summed E-state index contributed by atoms with van der Waals surface area (Å²) in [6, 6.07) is 21.1. The molecular weight excluding hydrogens is 408 g/mol. The van der Waals surface area contributed by atoms with Crippen LogP contribution in [0.3, 0.4) is 0 Å². The van der Waals surface area contributed by atoms with Crippen molar-refractivity contribution in [1.29, 1.82) is 0 Å². The Morgan fingerprint density at radius 1 is 0.903 bits per heavy atom. The van der Waals surface area contributed by atoms with Gasteiger partial charge in [-0.3, -0.25) is 9.36 Å². The second kappa shape index (κ2) is 9.36. The molecular formula is C26H25ClN2O2. The molecule has 4 aromatic rings. The lowest BCUT2D eigenvalue weighted by molar-refractivity contribution is 0.299. The molecule has 158 valence electrons. The molecule has 1 heterocycles. The van der Waals surface area contributed by atoms with Crippen LogP contribution in [0.4, 0.5) is 0 Å². The Balaban J connectivity index is 1.55. The van der Waals surface area contributed by atoms with Crippen molar-refractivity contribution in [2.24, 2.45) is 0 Å². The number of para-hydroxylation sites is 2. The fraction of sp³-hybridized carbons (Fsp3) is 0.231. The van der Waals surface area contributed by atoms with Crippen molar-refractivity contribution in [3.63, 3.8) is 0 Å². The third kappa shape index (κ3) is 4.64. The average molecular weight is 433 g/mol. The SMILES string of the molecule is Cc1cccc(C)c1OCCCCn1c(-c2ccc(Cl)cc2)nc2ccccc2c1=O. The largest absolute Gasteiger partial charge is 0.493 e. The number of hydrogen-bond donors (Lipinski definition) is 0. The highest BCUT2D eigenvalue weighted by atomic mass is 35.5. The molecule has 3 aromatic carbocycles. The third-order valence-electron chi connectivity index (χ3n) is 5.40. The monoisotopic (exact) mass is 432 g/mol. The van der Waals surface area contributed by atoms with Crippen molar-refractivity contribution >= 4 is 22.5 Å². The van der Waals surface area contributed by atoms with Gasteiger partial charge in [0.1, 0.15) is 11.6 Å². The maximum Gasteiger partial charge on any atom is 0.261 e. The van der Waals surface area contributed by atoms with E-state index in [1.807, 2.05) is 54.6 Å². The molecule has 0 radical (unpaired) electrons. The Hall–Kier alpha value is -3.11.